The highest BCUT2D eigenvalue weighted by molar-refractivity contribution is 6.23. The molecule has 3 rings (SSSR count). The average Bonchev–Trinajstić information content (AvgIpc) is 2.96. The summed E-state index contributed by atoms with van der Waals surface area (Å²) < 4.78 is 1.97. The number of likely N-dealkylation sites (N-methyl/N-ethyl adjacent to an activating group) is 2. The van der Waals surface area contributed by atoms with Gasteiger partial charge in [0.2, 0.25) is 0 Å². The van der Waals surface area contributed by atoms with E-state index in [2.05, 4.69) is 16.8 Å². The first-order valence-electron chi connectivity index (χ1n) is 9.07. The summed E-state index contributed by atoms with van der Waals surface area (Å²) in [5.41, 5.74) is 0. The number of carbonyl (C=O) groups is 2. The van der Waals surface area contributed by atoms with Crippen molar-refractivity contribution in [3.8, 4) is 0 Å². The number of imide groups is 1. The molecule has 8 heteroatoms. The third kappa shape index (κ3) is 3.20. The van der Waals surface area contributed by atoms with E-state index in [0.717, 1.165) is 17.3 Å². The molecule has 0 aliphatic carbocycles. The topological polar surface area (TPSA) is 79.5 Å². The Morgan fingerprint density at radius 2 is 2.00 bits per heavy atom. The van der Waals surface area contributed by atoms with Gasteiger partial charge in [-0.05, 0) is 31.3 Å². The number of fused-ring (bicyclic) bond motifs is 1. The SMILES string of the molecule is CC1CCCCN1CC1=[N+](CCCO)C2C(=O)N(C)C(=O)N(C)C2=N1. The van der Waals surface area contributed by atoms with Crippen LogP contribution in [-0.4, -0.2) is 100 Å². The van der Waals surface area contributed by atoms with Crippen molar-refractivity contribution in [2.24, 2.45) is 4.99 Å². The summed E-state index contributed by atoms with van der Waals surface area (Å²) in [6.45, 7) is 4.53. The largest absolute Gasteiger partial charge is 0.396 e. The van der Waals surface area contributed by atoms with Crippen LogP contribution in [0.1, 0.15) is 32.6 Å². The molecular formula is C17H28N5O3+. The average molecular weight is 350 g/mol. The number of aliphatic imine (C=N–C) groups is 1. The number of hydrogen-bond acceptors (Lipinski definition) is 5. The number of rotatable bonds is 5. The van der Waals surface area contributed by atoms with Crippen LogP contribution in [-0.2, 0) is 4.79 Å². The van der Waals surface area contributed by atoms with Crippen molar-refractivity contribution in [2.45, 2.75) is 44.7 Å². The second-order valence-electron chi connectivity index (χ2n) is 7.11. The van der Waals surface area contributed by atoms with Gasteiger partial charge in [-0.15, -0.1) is 0 Å². The van der Waals surface area contributed by atoms with Gasteiger partial charge in [-0.3, -0.25) is 19.5 Å². The zero-order valence-corrected chi connectivity index (χ0v) is 15.3. The molecule has 25 heavy (non-hydrogen) atoms. The molecule has 2 atom stereocenters. The van der Waals surface area contributed by atoms with E-state index in [1.165, 1.54) is 31.2 Å². The third-order valence-electron chi connectivity index (χ3n) is 5.46. The van der Waals surface area contributed by atoms with Crippen molar-refractivity contribution in [2.75, 3.05) is 40.3 Å². The molecule has 2 fully saturated rings. The highest BCUT2D eigenvalue weighted by atomic mass is 16.3. The lowest BCUT2D eigenvalue weighted by atomic mass is 10.0. The number of aliphatic hydroxyl groups is 1. The van der Waals surface area contributed by atoms with Gasteiger partial charge >= 0.3 is 11.9 Å². The molecule has 8 nitrogen and oxygen atoms in total. The van der Waals surface area contributed by atoms with Gasteiger partial charge in [0.25, 0.3) is 17.8 Å². The highest BCUT2D eigenvalue weighted by Crippen LogP contribution is 2.21. The van der Waals surface area contributed by atoms with E-state index in [0.29, 0.717) is 31.4 Å². The van der Waals surface area contributed by atoms with Crippen molar-refractivity contribution < 1.29 is 19.3 Å². The first kappa shape index (κ1) is 18.0. The summed E-state index contributed by atoms with van der Waals surface area (Å²) in [7, 11) is 3.17. The molecular weight excluding hydrogens is 322 g/mol. The van der Waals surface area contributed by atoms with Gasteiger partial charge in [0.05, 0.1) is 6.54 Å². The van der Waals surface area contributed by atoms with E-state index in [1.807, 2.05) is 4.58 Å². The van der Waals surface area contributed by atoms with Crippen LogP contribution < -0.4 is 0 Å². The fourth-order valence-corrected chi connectivity index (χ4v) is 3.85. The zero-order chi connectivity index (χ0) is 18.1. The van der Waals surface area contributed by atoms with Gasteiger partial charge < -0.3 is 5.11 Å². The third-order valence-corrected chi connectivity index (χ3v) is 5.46. The van der Waals surface area contributed by atoms with E-state index < -0.39 is 6.04 Å². The van der Waals surface area contributed by atoms with Crippen LogP contribution in [0.4, 0.5) is 4.79 Å². The van der Waals surface area contributed by atoms with Gasteiger partial charge in [0, 0.05) is 33.2 Å². The van der Waals surface area contributed by atoms with Gasteiger partial charge in [-0.2, -0.15) is 0 Å². The molecule has 0 bridgehead atoms. The Kier molecular flexibility index (Phi) is 5.19. The summed E-state index contributed by atoms with van der Waals surface area (Å²) in [6.07, 6.45) is 4.16. The minimum atomic E-state index is -0.561. The minimum Gasteiger partial charge on any atom is -0.396 e. The minimum absolute atomic E-state index is 0.0603. The normalized spacial score (nSPS) is 27.9. The number of amidine groups is 2. The summed E-state index contributed by atoms with van der Waals surface area (Å²) in [4.78, 5) is 34.6. The second kappa shape index (κ2) is 7.21. The Balaban J connectivity index is 1.91. The fraction of sp³-hybridized carbons (Fsp3) is 0.765. The first-order valence-corrected chi connectivity index (χ1v) is 9.07. The van der Waals surface area contributed by atoms with Crippen LogP contribution in [0.3, 0.4) is 0 Å². The quantitative estimate of drug-likeness (QED) is 0.706. The van der Waals surface area contributed by atoms with Gasteiger partial charge in [-0.25, -0.2) is 9.37 Å². The van der Waals surface area contributed by atoms with Crippen LogP contribution in [0.15, 0.2) is 4.99 Å². The maximum atomic E-state index is 12.7. The van der Waals surface area contributed by atoms with Crippen molar-refractivity contribution in [1.82, 2.24) is 14.7 Å². The molecule has 3 amide bonds. The summed E-state index contributed by atoms with van der Waals surface area (Å²) in [5, 5.41) is 9.24. The predicted octanol–water partition coefficient (Wildman–Crippen LogP) is -0.0413. The van der Waals surface area contributed by atoms with Crippen molar-refractivity contribution in [3.05, 3.63) is 0 Å². The van der Waals surface area contributed by atoms with Gasteiger partial charge in [0.1, 0.15) is 6.54 Å². The second-order valence-corrected chi connectivity index (χ2v) is 7.11. The maximum absolute atomic E-state index is 12.7. The number of piperidine rings is 1. The number of likely N-dealkylation sites (tertiary alicyclic amines) is 1. The van der Waals surface area contributed by atoms with Crippen LogP contribution in [0, 0.1) is 0 Å². The lowest BCUT2D eigenvalue weighted by Crippen LogP contribution is -2.61. The Bertz CT molecular complexity index is 630. The number of carbonyl (C=O) groups excluding carboxylic acids is 2. The Morgan fingerprint density at radius 3 is 2.68 bits per heavy atom. The molecule has 2 unspecified atom stereocenters. The summed E-state index contributed by atoms with van der Waals surface area (Å²) in [5.74, 6) is 1.08. The van der Waals surface area contributed by atoms with Crippen LogP contribution >= 0.6 is 0 Å². The highest BCUT2D eigenvalue weighted by Gasteiger charge is 2.52. The lowest BCUT2D eigenvalue weighted by molar-refractivity contribution is -0.537. The Labute approximate surface area is 148 Å². The number of urea groups is 1. The Morgan fingerprint density at radius 1 is 1.24 bits per heavy atom. The predicted molar refractivity (Wildman–Crippen MR) is 93.9 cm³/mol. The van der Waals surface area contributed by atoms with E-state index in [4.69, 9.17) is 0 Å². The molecule has 2 saturated heterocycles. The van der Waals surface area contributed by atoms with Gasteiger partial charge in [0.15, 0.2) is 0 Å². The standard InChI is InChI=1S/C17H28N5O3/c1-12-7-4-5-8-21(12)11-13-18-15-14(22(13)9-6-10-23)16(24)20(3)17(25)19(15)2/h12,14,23H,4-11H2,1-3H3/q+1. The number of nitrogens with zero attached hydrogens (tertiary/aromatic N) is 5. The first-order chi connectivity index (χ1) is 12.0. The van der Waals surface area contributed by atoms with Crippen molar-refractivity contribution in [1.29, 1.82) is 0 Å². The molecule has 0 aromatic carbocycles. The van der Waals surface area contributed by atoms with Crippen LogP contribution in [0.25, 0.3) is 0 Å². The zero-order valence-electron chi connectivity index (χ0n) is 15.3. The van der Waals surface area contributed by atoms with E-state index >= 15 is 0 Å². The summed E-state index contributed by atoms with van der Waals surface area (Å²) >= 11 is 0. The number of hydrogen-bond donors (Lipinski definition) is 1. The molecule has 0 spiro atoms. The summed E-state index contributed by atoms with van der Waals surface area (Å²) in [6, 6.07) is -0.425. The van der Waals surface area contributed by atoms with Crippen LogP contribution in [0.2, 0.25) is 0 Å². The lowest BCUT2D eigenvalue weighted by Gasteiger charge is -2.32. The number of aliphatic hydroxyl groups excluding tert-OH is 1. The van der Waals surface area contributed by atoms with Crippen LogP contribution in [0.5, 0.6) is 0 Å². The smallest absolute Gasteiger partial charge is 0.333 e. The van der Waals surface area contributed by atoms with Crippen molar-refractivity contribution >= 4 is 23.6 Å². The maximum Gasteiger partial charge on any atom is 0.333 e. The molecule has 0 aromatic heterocycles. The number of amides is 3. The molecule has 0 radical (unpaired) electrons. The molecule has 0 aromatic rings. The molecule has 3 aliphatic rings. The molecule has 0 saturated carbocycles. The molecule has 1 N–H and O–H groups in total. The molecule has 138 valence electrons. The van der Waals surface area contributed by atoms with E-state index in [-0.39, 0.29) is 18.5 Å². The van der Waals surface area contributed by atoms with Crippen molar-refractivity contribution in [3.63, 3.8) is 0 Å². The van der Waals surface area contributed by atoms with Gasteiger partial charge in [-0.1, -0.05) is 6.42 Å². The molecule has 3 aliphatic heterocycles. The van der Waals surface area contributed by atoms with E-state index in [9.17, 15) is 14.7 Å². The molecule has 3 heterocycles. The fourth-order valence-electron chi connectivity index (χ4n) is 3.85. The Hall–Kier alpha value is -1.80. The van der Waals surface area contributed by atoms with E-state index in [1.54, 1.807) is 7.05 Å². The monoisotopic (exact) mass is 350 g/mol.